The molecule has 0 radical (unpaired) electrons. The second-order valence-electron chi connectivity index (χ2n) is 6.51. The highest BCUT2D eigenvalue weighted by molar-refractivity contribution is 7.09. The van der Waals surface area contributed by atoms with E-state index in [1.54, 1.807) is 11.3 Å². The quantitative estimate of drug-likeness (QED) is 0.889. The lowest BCUT2D eigenvalue weighted by molar-refractivity contribution is -0.134. The molecule has 3 heteroatoms. The molecule has 4 saturated carbocycles. The zero-order chi connectivity index (χ0) is 12.2. The fourth-order valence-corrected chi connectivity index (χ4v) is 5.50. The van der Waals surface area contributed by atoms with E-state index in [0.717, 1.165) is 30.7 Å². The molecule has 4 aliphatic carbocycles. The Morgan fingerprint density at radius 2 is 2.11 bits per heavy atom. The van der Waals surface area contributed by atoms with Crippen LogP contribution in [0, 0.1) is 23.2 Å². The van der Waals surface area contributed by atoms with Crippen LogP contribution in [0.15, 0.2) is 17.5 Å². The summed E-state index contributed by atoms with van der Waals surface area (Å²) in [5, 5.41) is 5.26. The predicted octanol–water partition coefficient (Wildman–Crippen LogP) is 3.19. The fourth-order valence-electron chi connectivity index (χ4n) is 4.86. The van der Waals surface area contributed by atoms with Crippen molar-refractivity contribution in [1.29, 1.82) is 0 Å². The molecule has 1 aromatic heterocycles. The molecule has 1 heterocycles. The molecular formula is C15H19NOS. The van der Waals surface area contributed by atoms with Crippen molar-refractivity contribution in [2.24, 2.45) is 23.2 Å². The molecule has 0 saturated heterocycles. The molecule has 18 heavy (non-hydrogen) atoms. The number of hydrogen-bond donors (Lipinski definition) is 1. The fraction of sp³-hybridized carbons (Fsp3) is 0.667. The predicted molar refractivity (Wildman–Crippen MR) is 72.2 cm³/mol. The van der Waals surface area contributed by atoms with E-state index >= 15 is 0 Å². The van der Waals surface area contributed by atoms with Crippen LogP contribution in [0.25, 0.3) is 0 Å². The zero-order valence-corrected chi connectivity index (χ0v) is 11.3. The number of hydrogen-bond acceptors (Lipinski definition) is 2. The van der Waals surface area contributed by atoms with Gasteiger partial charge in [-0.3, -0.25) is 4.79 Å². The molecule has 4 bridgehead atoms. The summed E-state index contributed by atoms with van der Waals surface area (Å²) in [7, 11) is 0. The Balaban J connectivity index is 1.46. The SMILES string of the molecule is O=C(NCc1cccs1)C12CC3CC(C1)C(C3)C2. The molecule has 0 aromatic carbocycles. The van der Waals surface area contributed by atoms with Crippen molar-refractivity contribution in [2.45, 2.75) is 38.6 Å². The molecule has 1 amide bonds. The number of nitrogens with one attached hydrogen (secondary N) is 1. The molecule has 5 rings (SSSR count). The van der Waals surface area contributed by atoms with Crippen molar-refractivity contribution >= 4 is 17.2 Å². The standard InChI is InChI=1S/C15H19NOS/c17-14(16-9-13-2-1-3-18-13)15-6-10-4-11(7-15)12(5-10)8-15/h1-3,10-12H,4-9H2,(H,16,17). The number of amides is 1. The van der Waals surface area contributed by atoms with Crippen LogP contribution in [-0.2, 0) is 11.3 Å². The molecule has 1 aromatic rings. The molecule has 0 aliphatic heterocycles. The van der Waals surface area contributed by atoms with Crippen molar-refractivity contribution in [3.8, 4) is 0 Å². The molecule has 4 fully saturated rings. The Morgan fingerprint density at radius 3 is 2.72 bits per heavy atom. The van der Waals surface area contributed by atoms with Gasteiger partial charge in [0, 0.05) is 10.3 Å². The van der Waals surface area contributed by atoms with Crippen LogP contribution in [-0.4, -0.2) is 5.91 Å². The monoisotopic (exact) mass is 261 g/mol. The van der Waals surface area contributed by atoms with Gasteiger partial charge in [0.1, 0.15) is 0 Å². The Hall–Kier alpha value is -0.830. The second kappa shape index (κ2) is 3.83. The van der Waals surface area contributed by atoms with Crippen LogP contribution in [0.5, 0.6) is 0 Å². The maximum atomic E-state index is 12.5. The maximum absolute atomic E-state index is 12.5. The van der Waals surface area contributed by atoms with E-state index in [1.165, 1.54) is 30.6 Å². The van der Waals surface area contributed by atoms with Crippen molar-refractivity contribution in [2.75, 3.05) is 0 Å². The first-order valence-corrected chi connectivity index (χ1v) is 7.94. The molecule has 0 spiro atoms. The molecule has 2 atom stereocenters. The molecule has 4 aliphatic rings. The van der Waals surface area contributed by atoms with Gasteiger partial charge in [-0.15, -0.1) is 11.3 Å². The van der Waals surface area contributed by atoms with Gasteiger partial charge in [-0.25, -0.2) is 0 Å². The highest BCUT2D eigenvalue weighted by Gasteiger charge is 2.58. The summed E-state index contributed by atoms with van der Waals surface area (Å²) in [5.41, 5.74) is 0.0216. The third kappa shape index (κ3) is 1.56. The van der Waals surface area contributed by atoms with Crippen molar-refractivity contribution < 1.29 is 4.79 Å². The van der Waals surface area contributed by atoms with Crippen LogP contribution >= 0.6 is 11.3 Å². The molecular weight excluding hydrogens is 242 g/mol. The second-order valence-corrected chi connectivity index (χ2v) is 7.54. The summed E-state index contributed by atoms with van der Waals surface area (Å²) in [4.78, 5) is 13.8. The topological polar surface area (TPSA) is 29.1 Å². The van der Waals surface area contributed by atoms with Gasteiger partial charge in [0.25, 0.3) is 0 Å². The first kappa shape index (κ1) is 11.0. The lowest BCUT2D eigenvalue weighted by Gasteiger charge is -2.36. The van der Waals surface area contributed by atoms with E-state index < -0.39 is 0 Å². The van der Waals surface area contributed by atoms with Gasteiger partial charge in [-0.05, 0) is 61.3 Å². The number of carbonyl (C=O) groups excluding carboxylic acids is 1. The minimum atomic E-state index is 0.0216. The molecule has 2 nitrogen and oxygen atoms in total. The first-order chi connectivity index (χ1) is 8.75. The average molecular weight is 261 g/mol. The van der Waals surface area contributed by atoms with Crippen LogP contribution in [0.4, 0.5) is 0 Å². The summed E-state index contributed by atoms with van der Waals surface area (Å²) >= 11 is 1.72. The minimum absolute atomic E-state index is 0.0216. The molecule has 96 valence electrons. The van der Waals surface area contributed by atoms with Crippen LogP contribution in [0.3, 0.4) is 0 Å². The largest absolute Gasteiger partial charge is 0.351 e. The molecule has 1 N–H and O–H groups in total. The summed E-state index contributed by atoms with van der Waals surface area (Å²) in [6.07, 6.45) is 6.32. The van der Waals surface area contributed by atoms with Crippen LogP contribution < -0.4 is 5.32 Å². The van der Waals surface area contributed by atoms with Gasteiger partial charge in [0.05, 0.1) is 6.54 Å². The zero-order valence-electron chi connectivity index (χ0n) is 10.5. The Morgan fingerprint density at radius 1 is 1.33 bits per heavy atom. The Kier molecular flexibility index (Phi) is 2.35. The highest BCUT2D eigenvalue weighted by Crippen LogP contribution is 2.64. The maximum Gasteiger partial charge on any atom is 0.226 e. The van der Waals surface area contributed by atoms with Gasteiger partial charge >= 0.3 is 0 Å². The highest BCUT2D eigenvalue weighted by atomic mass is 32.1. The van der Waals surface area contributed by atoms with Gasteiger partial charge < -0.3 is 5.32 Å². The van der Waals surface area contributed by atoms with E-state index in [0.29, 0.717) is 5.91 Å². The number of carbonyl (C=O) groups is 1. The third-order valence-corrected chi connectivity index (χ3v) is 6.29. The van der Waals surface area contributed by atoms with E-state index in [9.17, 15) is 4.79 Å². The van der Waals surface area contributed by atoms with Crippen molar-refractivity contribution in [3.05, 3.63) is 22.4 Å². The van der Waals surface area contributed by atoms with Gasteiger partial charge in [-0.2, -0.15) is 0 Å². The van der Waals surface area contributed by atoms with Gasteiger partial charge in [0.15, 0.2) is 0 Å². The van der Waals surface area contributed by atoms with Crippen molar-refractivity contribution in [3.63, 3.8) is 0 Å². The van der Waals surface area contributed by atoms with E-state index in [4.69, 9.17) is 0 Å². The van der Waals surface area contributed by atoms with Crippen LogP contribution in [0.1, 0.15) is 37.0 Å². The van der Waals surface area contributed by atoms with E-state index in [-0.39, 0.29) is 5.41 Å². The van der Waals surface area contributed by atoms with Crippen LogP contribution in [0.2, 0.25) is 0 Å². The smallest absolute Gasteiger partial charge is 0.226 e. The lowest BCUT2D eigenvalue weighted by Crippen LogP contribution is -2.42. The summed E-state index contributed by atoms with van der Waals surface area (Å²) in [5.74, 6) is 2.94. The van der Waals surface area contributed by atoms with Gasteiger partial charge in [-0.1, -0.05) is 6.07 Å². The summed E-state index contributed by atoms with van der Waals surface area (Å²) in [6.45, 7) is 0.720. The number of rotatable bonds is 3. The van der Waals surface area contributed by atoms with E-state index in [2.05, 4.69) is 16.8 Å². The minimum Gasteiger partial charge on any atom is -0.351 e. The van der Waals surface area contributed by atoms with Crippen molar-refractivity contribution in [1.82, 2.24) is 5.32 Å². The van der Waals surface area contributed by atoms with E-state index in [1.807, 2.05) is 6.07 Å². The number of thiophene rings is 1. The van der Waals surface area contributed by atoms with Gasteiger partial charge in [0.2, 0.25) is 5.91 Å². The lowest BCUT2D eigenvalue weighted by atomic mass is 9.69. The first-order valence-electron chi connectivity index (χ1n) is 7.06. The Labute approximate surface area is 112 Å². The average Bonchev–Trinajstić information content (AvgIpc) is 3.01. The normalized spacial score (nSPS) is 40.3. The summed E-state index contributed by atoms with van der Waals surface area (Å²) in [6, 6.07) is 4.14. The summed E-state index contributed by atoms with van der Waals surface area (Å²) < 4.78 is 0. The molecule has 2 unspecified atom stereocenters. The Bertz CT molecular complexity index is 447. The third-order valence-electron chi connectivity index (χ3n) is 5.41.